The molecule has 2 N–H and O–H groups in total. The van der Waals surface area contributed by atoms with Crippen LogP contribution in [0.2, 0.25) is 0 Å². The van der Waals surface area contributed by atoms with E-state index in [9.17, 15) is 5.11 Å². The molecule has 3 heteroatoms. The third-order valence-electron chi connectivity index (χ3n) is 3.64. The average Bonchev–Trinajstić information content (AvgIpc) is 2.27. The number of hydrogen-bond acceptors (Lipinski definition) is 3. The van der Waals surface area contributed by atoms with Gasteiger partial charge in [0.1, 0.15) is 0 Å². The van der Waals surface area contributed by atoms with E-state index in [-0.39, 0.29) is 17.6 Å². The largest absolute Gasteiger partial charge is 0.396 e. The second-order valence-corrected chi connectivity index (χ2v) is 6.04. The van der Waals surface area contributed by atoms with Crippen LogP contribution in [0.5, 0.6) is 0 Å². The van der Waals surface area contributed by atoms with Crippen molar-refractivity contribution in [1.82, 2.24) is 5.32 Å². The average molecular weight is 229 g/mol. The van der Waals surface area contributed by atoms with Crippen molar-refractivity contribution in [3.63, 3.8) is 0 Å². The zero-order chi connectivity index (χ0) is 12.2. The first-order valence-corrected chi connectivity index (χ1v) is 6.39. The summed E-state index contributed by atoms with van der Waals surface area (Å²) in [5.74, 6) is 0. The molecule has 16 heavy (non-hydrogen) atoms. The van der Waals surface area contributed by atoms with Crippen LogP contribution in [0.25, 0.3) is 0 Å². The third kappa shape index (κ3) is 4.04. The molecule has 0 saturated carbocycles. The highest BCUT2D eigenvalue weighted by atomic mass is 16.5. The molecule has 0 aliphatic carbocycles. The Bertz CT molecular complexity index is 218. The van der Waals surface area contributed by atoms with Gasteiger partial charge < -0.3 is 15.2 Å². The van der Waals surface area contributed by atoms with Gasteiger partial charge in [-0.05, 0) is 26.2 Å². The van der Waals surface area contributed by atoms with Crippen LogP contribution in [-0.4, -0.2) is 36.5 Å². The molecule has 0 radical (unpaired) electrons. The van der Waals surface area contributed by atoms with E-state index in [1.54, 1.807) is 0 Å². The summed E-state index contributed by atoms with van der Waals surface area (Å²) in [6, 6.07) is 0.532. The minimum absolute atomic E-state index is 0.0269. The Morgan fingerprint density at radius 3 is 2.75 bits per heavy atom. The zero-order valence-electron chi connectivity index (χ0n) is 11.2. The fourth-order valence-electron chi connectivity index (χ4n) is 2.03. The monoisotopic (exact) mass is 229 g/mol. The van der Waals surface area contributed by atoms with E-state index in [0.29, 0.717) is 6.04 Å². The lowest BCUT2D eigenvalue weighted by atomic mass is 9.88. The summed E-state index contributed by atoms with van der Waals surface area (Å²) in [4.78, 5) is 0. The van der Waals surface area contributed by atoms with Crippen molar-refractivity contribution in [2.24, 2.45) is 5.41 Å². The maximum Gasteiger partial charge on any atom is 0.0666 e. The third-order valence-corrected chi connectivity index (χ3v) is 3.64. The van der Waals surface area contributed by atoms with Crippen LogP contribution in [0.3, 0.4) is 0 Å². The molecule has 0 bridgehead atoms. The molecule has 1 rings (SSSR count). The molecule has 1 saturated heterocycles. The Hall–Kier alpha value is -0.120. The maximum absolute atomic E-state index is 9.21. The second-order valence-electron chi connectivity index (χ2n) is 6.04. The lowest BCUT2D eigenvalue weighted by Crippen LogP contribution is -2.47. The van der Waals surface area contributed by atoms with Gasteiger partial charge in [-0.3, -0.25) is 0 Å². The molecule has 0 amide bonds. The molecule has 1 fully saturated rings. The van der Waals surface area contributed by atoms with Crippen molar-refractivity contribution >= 4 is 0 Å². The second kappa shape index (κ2) is 5.48. The van der Waals surface area contributed by atoms with E-state index < -0.39 is 0 Å². The maximum atomic E-state index is 9.21. The predicted octanol–water partition coefficient (Wildman–Crippen LogP) is 1.94. The van der Waals surface area contributed by atoms with Crippen molar-refractivity contribution in [3.05, 3.63) is 0 Å². The summed E-state index contributed by atoms with van der Waals surface area (Å²) >= 11 is 0. The van der Waals surface area contributed by atoms with Crippen LogP contribution >= 0.6 is 0 Å². The lowest BCUT2D eigenvalue weighted by molar-refractivity contribution is -0.0789. The fraction of sp³-hybridized carbons (Fsp3) is 1.00. The summed E-state index contributed by atoms with van der Waals surface area (Å²) in [6.45, 7) is 10.5. The molecule has 0 aromatic rings. The van der Waals surface area contributed by atoms with Crippen LogP contribution in [0.15, 0.2) is 0 Å². The quantitative estimate of drug-likeness (QED) is 0.757. The highest BCUT2D eigenvalue weighted by Gasteiger charge is 2.32. The molecule has 3 nitrogen and oxygen atoms in total. The highest BCUT2D eigenvalue weighted by molar-refractivity contribution is 4.86. The molecule has 96 valence electrons. The minimum atomic E-state index is -0.0269. The van der Waals surface area contributed by atoms with Gasteiger partial charge in [-0.1, -0.05) is 20.8 Å². The molecule has 0 aromatic heterocycles. The molecular formula is C13H27NO2. The SMILES string of the molecule is CCC1(C)CC(NCC(C)(C)CO)CCO1. The van der Waals surface area contributed by atoms with Crippen LogP contribution in [0, 0.1) is 5.41 Å². The first-order chi connectivity index (χ1) is 7.41. The van der Waals surface area contributed by atoms with Crippen LogP contribution in [-0.2, 0) is 4.74 Å². The Morgan fingerprint density at radius 2 is 2.19 bits per heavy atom. The Morgan fingerprint density at radius 1 is 1.50 bits per heavy atom. The van der Waals surface area contributed by atoms with Gasteiger partial charge >= 0.3 is 0 Å². The molecule has 1 aliphatic heterocycles. The van der Waals surface area contributed by atoms with Gasteiger partial charge in [-0.2, -0.15) is 0 Å². The summed E-state index contributed by atoms with van der Waals surface area (Å²) in [5, 5.41) is 12.8. The Kier molecular flexibility index (Phi) is 4.77. The molecule has 0 aromatic carbocycles. The normalized spacial score (nSPS) is 31.7. The van der Waals surface area contributed by atoms with Gasteiger partial charge in [0.05, 0.1) is 5.60 Å². The molecule has 0 spiro atoms. The first kappa shape index (κ1) is 13.9. The molecule has 1 heterocycles. The summed E-state index contributed by atoms with van der Waals surface area (Å²) < 4.78 is 5.81. The zero-order valence-corrected chi connectivity index (χ0v) is 11.2. The van der Waals surface area contributed by atoms with Crippen LogP contribution in [0.4, 0.5) is 0 Å². The van der Waals surface area contributed by atoms with Crippen molar-refractivity contribution in [3.8, 4) is 0 Å². The van der Waals surface area contributed by atoms with E-state index in [1.807, 2.05) is 0 Å². The number of aliphatic hydroxyl groups is 1. The van der Waals surface area contributed by atoms with Crippen LogP contribution < -0.4 is 5.32 Å². The van der Waals surface area contributed by atoms with Crippen molar-refractivity contribution in [1.29, 1.82) is 0 Å². The van der Waals surface area contributed by atoms with Gasteiger partial charge in [-0.15, -0.1) is 0 Å². The van der Waals surface area contributed by atoms with E-state index in [2.05, 4.69) is 33.0 Å². The first-order valence-electron chi connectivity index (χ1n) is 6.39. The number of rotatable bonds is 5. The van der Waals surface area contributed by atoms with Crippen LogP contribution in [0.1, 0.15) is 47.0 Å². The van der Waals surface area contributed by atoms with E-state index in [1.165, 1.54) is 0 Å². The van der Waals surface area contributed by atoms with E-state index in [4.69, 9.17) is 4.74 Å². The van der Waals surface area contributed by atoms with Gasteiger partial charge in [0.15, 0.2) is 0 Å². The van der Waals surface area contributed by atoms with E-state index in [0.717, 1.165) is 32.4 Å². The molecule has 1 aliphatic rings. The lowest BCUT2D eigenvalue weighted by Gasteiger charge is -2.39. The number of aliphatic hydroxyl groups excluding tert-OH is 1. The highest BCUT2D eigenvalue weighted by Crippen LogP contribution is 2.28. The molecule has 2 atom stereocenters. The summed E-state index contributed by atoms with van der Waals surface area (Å²) in [6.07, 6.45) is 3.22. The van der Waals surface area contributed by atoms with Crippen molar-refractivity contribution < 1.29 is 9.84 Å². The molecular weight excluding hydrogens is 202 g/mol. The van der Waals surface area contributed by atoms with Gasteiger partial charge in [0.2, 0.25) is 0 Å². The van der Waals surface area contributed by atoms with Gasteiger partial charge in [0.25, 0.3) is 0 Å². The number of ether oxygens (including phenoxy) is 1. The van der Waals surface area contributed by atoms with E-state index >= 15 is 0 Å². The number of nitrogens with one attached hydrogen (secondary N) is 1. The topological polar surface area (TPSA) is 41.5 Å². The Labute approximate surface area is 99.6 Å². The van der Waals surface area contributed by atoms with Crippen molar-refractivity contribution in [2.75, 3.05) is 19.8 Å². The smallest absolute Gasteiger partial charge is 0.0666 e. The predicted molar refractivity (Wildman–Crippen MR) is 66.5 cm³/mol. The van der Waals surface area contributed by atoms with Crippen molar-refractivity contribution in [2.45, 2.75) is 58.6 Å². The Balaban J connectivity index is 2.38. The standard InChI is InChI=1S/C13H27NO2/c1-5-13(4)8-11(6-7-16-13)14-9-12(2,3)10-15/h11,14-15H,5-10H2,1-4H3. The summed E-state index contributed by atoms with van der Waals surface area (Å²) in [7, 11) is 0. The fourth-order valence-corrected chi connectivity index (χ4v) is 2.03. The minimum Gasteiger partial charge on any atom is -0.396 e. The molecule has 2 unspecified atom stereocenters. The van der Waals surface area contributed by atoms with Gasteiger partial charge in [-0.25, -0.2) is 0 Å². The van der Waals surface area contributed by atoms with Gasteiger partial charge in [0, 0.05) is 31.2 Å². The number of hydrogen-bond donors (Lipinski definition) is 2. The summed E-state index contributed by atoms with van der Waals surface area (Å²) in [5.41, 5.74) is 0.0141.